The van der Waals surface area contributed by atoms with E-state index >= 15 is 0 Å². The molecule has 1 atom stereocenters. The first kappa shape index (κ1) is 11.2. The summed E-state index contributed by atoms with van der Waals surface area (Å²) in [7, 11) is -4.31. The Kier molecular flexibility index (Phi) is 3.69. The molecule has 0 saturated carbocycles. The van der Waals surface area contributed by atoms with Gasteiger partial charge in [-0.1, -0.05) is 30.3 Å². The Morgan fingerprint density at radius 1 is 1.36 bits per heavy atom. The Morgan fingerprint density at radius 3 is 2.36 bits per heavy atom. The normalized spacial score (nSPS) is 13.0. The third-order valence-corrected chi connectivity index (χ3v) is 2.75. The minimum Gasteiger partial charge on any atom is -0.323 e. The Balaban J connectivity index is 3.14. The molecule has 2 N–H and O–H groups in total. The fraction of sp³-hybridized carbons (Fsp3) is 0.125. The van der Waals surface area contributed by atoms with Gasteiger partial charge < -0.3 is 9.79 Å². The Bertz CT molecular complexity index is 396. The number of aliphatic imine (C=N–C) groups is 1. The van der Waals surface area contributed by atoms with Gasteiger partial charge in [0.25, 0.3) is 0 Å². The molecule has 1 aromatic carbocycles. The van der Waals surface area contributed by atoms with Crippen molar-refractivity contribution in [3.63, 3.8) is 0 Å². The van der Waals surface area contributed by atoms with Crippen LogP contribution < -0.4 is 0 Å². The summed E-state index contributed by atoms with van der Waals surface area (Å²) in [6.45, 7) is 0. The number of thiocarbonyl (C=S) groups is 1. The van der Waals surface area contributed by atoms with Gasteiger partial charge in [0.15, 0.2) is 5.78 Å². The molecule has 0 amide bonds. The van der Waals surface area contributed by atoms with Crippen LogP contribution in [0, 0.1) is 0 Å². The van der Waals surface area contributed by atoms with Crippen LogP contribution >= 0.6 is 19.8 Å². The van der Waals surface area contributed by atoms with Crippen molar-refractivity contribution in [1.82, 2.24) is 0 Å². The van der Waals surface area contributed by atoms with Crippen LogP contribution in [0.25, 0.3) is 0 Å². The molecular formula is C8H8NO3PS. The van der Waals surface area contributed by atoms with Crippen molar-refractivity contribution < 1.29 is 14.4 Å². The summed E-state index contributed by atoms with van der Waals surface area (Å²) in [6, 6.07) is 8.27. The number of hydrogen-bond donors (Lipinski definition) is 2. The molecule has 0 aliphatic rings. The molecule has 0 heterocycles. The monoisotopic (exact) mass is 229 g/mol. The minimum absolute atomic E-state index is 0.429. The van der Waals surface area contributed by atoms with E-state index in [-0.39, 0.29) is 0 Å². The molecular weight excluding hydrogens is 221 g/mol. The second kappa shape index (κ2) is 4.60. The van der Waals surface area contributed by atoms with E-state index < -0.39 is 13.4 Å². The summed E-state index contributed by atoms with van der Waals surface area (Å²) < 4.78 is 11.0. The smallest absolute Gasteiger partial charge is 0.323 e. The average molecular weight is 229 g/mol. The van der Waals surface area contributed by atoms with E-state index in [1.54, 1.807) is 30.3 Å². The van der Waals surface area contributed by atoms with Crippen LogP contribution in [0.15, 0.2) is 35.3 Å². The maximum atomic E-state index is 11.0. The van der Waals surface area contributed by atoms with E-state index in [9.17, 15) is 4.57 Å². The van der Waals surface area contributed by atoms with E-state index in [0.717, 1.165) is 0 Å². The van der Waals surface area contributed by atoms with E-state index in [1.165, 1.54) is 0 Å². The lowest BCUT2D eigenvalue weighted by molar-refractivity contribution is 0.360. The highest BCUT2D eigenvalue weighted by atomic mass is 32.1. The molecule has 0 aliphatic carbocycles. The largest absolute Gasteiger partial charge is 0.355 e. The van der Waals surface area contributed by atoms with Crippen molar-refractivity contribution in [2.24, 2.45) is 4.99 Å². The minimum atomic E-state index is -4.31. The first-order chi connectivity index (χ1) is 6.55. The average Bonchev–Trinajstić information content (AvgIpc) is 2.14. The quantitative estimate of drug-likeness (QED) is 0.472. The molecule has 0 saturated heterocycles. The molecule has 1 unspecified atom stereocenters. The van der Waals surface area contributed by atoms with Crippen molar-refractivity contribution in [2.75, 3.05) is 0 Å². The standard InChI is InChI=1S/C8H8NO3PS/c10-13(11,12)8(9-6-14)7-4-2-1-3-5-7/h1-5,8H,(H2,10,11,12). The first-order valence-electron chi connectivity index (χ1n) is 3.73. The Morgan fingerprint density at radius 2 is 1.93 bits per heavy atom. The Hall–Kier alpha value is -0.830. The third kappa shape index (κ3) is 2.84. The van der Waals surface area contributed by atoms with Crippen LogP contribution in [-0.4, -0.2) is 14.9 Å². The van der Waals surface area contributed by atoms with Crippen LogP contribution in [0.5, 0.6) is 0 Å². The van der Waals surface area contributed by atoms with Gasteiger partial charge in [-0.3, -0.25) is 4.57 Å². The molecule has 14 heavy (non-hydrogen) atoms. The van der Waals surface area contributed by atoms with Crippen LogP contribution in [0.1, 0.15) is 11.3 Å². The highest BCUT2D eigenvalue weighted by Gasteiger charge is 2.29. The molecule has 0 bridgehead atoms. The molecule has 0 radical (unpaired) electrons. The van der Waals surface area contributed by atoms with E-state index in [1.807, 2.05) is 5.16 Å². The molecule has 1 rings (SSSR count). The summed E-state index contributed by atoms with van der Waals surface area (Å²) in [5.41, 5.74) is 0.429. The lowest BCUT2D eigenvalue weighted by Crippen LogP contribution is -1.95. The third-order valence-electron chi connectivity index (χ3n) is 1.59. The lowest BCUT2D eigenvalue weighted by Gasteiger charge is -2.12. The zero-order chi connectivity index (χ0) is 10.6. The maximum Gasteiger partial charge on any atom is 0.355 e. The first-order valence-corrected chi connectivity index (χ1v) is 5.82. The van der Waals surface area contributed by atoms with Gasteiger partial charge in [-0.25, -0.2) is 4.99 Å². The van der Waals surface area contributed by atoms with Gasteiger partial charge >= 0.3 is 7.60 Å². The fourth-order valence-electron chi connectivity index (χ4n) is 1.02. The van der Waals surface area contributed by atoms with Gasteiger partial charge in [0, 0.05) is 0 Å². The van der Waals surface area contributed by atoms with Gasteiger partial charge in [-0.05, 0) is 17.8 Å². The number of rotatable bonds is 3. The van der Waals surface area contributed by atoms with Crippen molar-refractivity contribution >= 4 is 25.0 Å². The summed E-state index contributed by atoms with van der Waals surface area (Å²) >= 11 is 4.34. The number of benzene rings is 1. The van der Waals surface area contributed by atoms with Crippen LogP contribution in [-0.2, 0) is 4.57 Å². The van der Waals surface area contributed by atoms with Crippen molar-refractivity contribution in [3.05, 3.63) is 35.9 Å². The van der Waals surface area contributed by atoms with Crippen molar-refractivity contribution in [1.29, 1.82) is 0 Å². The van der Waals surface area contributed by atoms with E-state index in [2.05, 4.69) is 17.2 Å². The maximum absolute atomic E-state index is 11.0. The number of isothiocyanates is 1. The molecule has 0 spiro atoms. The van der Waals surface area contributed by atoms with Crippen molar-refractivity contribution in [3.8, 4) is 0 Å². The van der Waals surface area contributed by atoms with Gasteiger partial charge in [-0.15, -0.1) is 0 Å². The summed E-state index contributed by atoms with van der Waals surface area (Å²) in [4.78, 5) is 21.5. The predicted molar refractivity (Wildman–Crippen MR) is 56.3 cm³/mol. The van der Waals surface area contributed by atoms with Crippen LogP contribution in [0.2, 0.25) is 0 Å². The molecule has 74 valence electrons. The second-order valence-electron chi connectivity index (χ2n) is 2.59. The molecule has 4 nitrogen and oxygen atoms in total. The van der Waals surface area contributed by atoms with Gasteiger partial charge in [0.2, 0.25) is 0 Å². The number of hydrogen-bond acceptors (Lipinski definition) is 3. The second-order valence-corrected chi connectivity index (χ2v) is 4.44. The summed E-state index contributed by atoms with van der Waals surface area (Å²) in [5.74, 6) is -1.24. The Labute approximate surface area is 86.5 Å². The van der Waals surface area contributed by atoms with Crippen molar-refractivity contribution in [2.45, 2.75) is 5.78 Å². The molecule has 1 aromatic rings. The predicted octanol–water partition coefficient (Wildman–Crippen LogP) is 1.97. The topological polar surface area (TPSA) is 69.9 Å². The highest BCUT2D eigenvalue weighted by molar-refractivity contribution is 7.78. The van der Waals surface area contributed by atoms with E-state index in [4.69, 9.17) is 9.79 Å². The SMILES string of the molecule is O=P(O)(O)C(N=C=S)c1ccccc1. The number of nitrogens with zero attached hydrogens (tertiary/aromatic N) is 1. The lowest BCUT2D eigenvalue weighted by atomic mass is 10.2. The summed E-state index contributed by atoms with van der Waals surface area (Å²) in [6.07, 6.45) is 0. The molecule has 0 aliphatic heterocycles. The van der Waals surface area contributed by atoms with Gasteiger partial charge in [-0.2, -0.15) is 0 Å². The summed E-state index contributed by atoms with van der Waals surface area (Å²) in [5, 5.41) is 1.99. The zero-order valence-corrected chi connectivity index (χ0v) is 8.78. The van der Waals surface area contributed by atoms with E-state index in [0.29, 0.717) is 5.56 Å². The molecule has 0 aromatic heterocycles. The van der Waals surface area contributed by atoms with Crippen LogP contribution in [0.4, 0.5) is 0 Å². The van der Waals surface area contributed by atoms with Gasteiger partial charge in [0.1, 0.15) is 0 Å². The van der Waals surface area contributed by atoms with Crippen LogP contribution in [0.3, 0.4) is 0 Å². The molecule has 6 heteroatoms. The fourth-order valence-corrected chi connectivity index (χ4v) is 1.97. The zero-order valence-electron chi connectivity index (χ0n) is 7.07. The molecule has 0 fully saturated rings. The van der Waals surface area contributed by atoms with Gasteiger partial charge in [0.05, 0.1) is 5.16 Å². The highest BCUT2D eigenvalue weighted by Crippen LogP contribution is 2.52.